The minimum absolute atomic E-state index is 0.0473. The first-order chi connectivity index (χ1) is 19.7. The van der Waals surface area contributed by atoms with Crippen molar-refractivity contribution in [1.29, 1.82) is 0 Å². The van der Waals surface area contributed by atoms with Crippen molar-refractivity contribution in [3.05, 3.63) is 23.3 Å². The van der Waals surface area contributed by atoms with Gasteiger partial charge in [-0.15, -0.1) is 0 Å². The number of nitrogens with zero attached hydrogens (tertiary/aromatic N) is 5. The van der Waals surface area contributed by atoms with Gasteiger partial charge in [0.05, 0.1) is 12.0 Å². The molecule has 1 aliphatic carbocycles. The van der Waals surface area contributed by atoms with E-state index in [2.05, 4.69) is 14.7 Å². The third-order valence-corrected chi connectivity index (χ3v) is 12.4. The number of methoxy groups -OCH3 is 1. The van der Waals surface area contributed by atoms with Gasteiger partial charge in [-0.1, -0.05) is 0 Å². The molecule has 4 aliphatic rings. The summed E-state index contributed by atoms with van der Waals surface area (Å²) in [5.74, 6) is 0.688. The standard InChI is InChI=1S/C31H51N5O4S/c1-24-21-29(40-4)22-25(2)31(24)41(38,39)32(3)15-12-30(37)36-16-11-28(23-36)35-19-17-34(18-20-35)27-9-7-26(8-10-27)33-13-5-6-14-33/h21-22,26-28H,5-20,23H2,1-4H3/t26-,27+,28?. The number of ether oxygens (including phenoxy) is 1. The summed E-state index contributed by atoms with van der Waals surface area (Å²) < 4.78 is 33.3. The molecule has 230 valence electrons. The van der Waals surface area contributed by atoms with E-state index >= 15 is 0 Å². The van der Waals surface area contributed by atoms with Crippen molar-refractivity contribution >= 4 is 15.9 Å². The first-order valence-corrected chi connectivity index (χ1v) is 17.2. The fourth-order valence-corrected chi connectivity index (χ4v) is 9.33. The molecular weight excluding hydrogens is 538 g/mol. The van der Waals surface area contributed by atoms with E-state index in [0.29, 0.717) is 27.8 Å². The average molecular weight is 590 g/mol. The van der Waals surface area contributed by atoms with Crippen molar-refractivity contribution < 1.29 is 17.9 Å². The summed E-state index contributed by atoms with van der Waals surface area (Å²) in [6.45, 7) is 12.3. The van der Waals surface area contributed by atoms with Crippen LogP contribution in [0.3, 0.4) is 0 Å². The first-order valence-electron chi connectivity index (χ1n) is 15.8. The molecule has 41 heavy (non-hydrogen) atoms. The van der Waals surface area contributed by atoms with Crippen LogP contribution in [-0.4, -0.2) is 129 Å². The van der Waals surface area contributed by atoms with Crippen LogP contribution in [-0.2, 0) is 14.8 Å². The van der Waals surface area contributed by atoms with Gasteiger partial charge in [-0.3, -0.25) is 14.6 Å². The molecule has 1 unspecified atom stereocenters. The number of likely N-dealkylation sites (tertiary alicyclic amines) is 2. The topological polar surface area (TPSA) is 76.6 Å². The highest BCUT2D eigenvalue weighted by Gasteiger charge is 2.35. The zero-order valence-electron chi connectivity index (χ0n) is 25.7. The number of aryl methyl sites for hydroxylation is 2. The lowest BCUT2D eigenvalue weighted by molar-refractivity contribution is -0.130. The summed E-state index contributed by atoms with van der Waals surface area (Å²) >= 11 is 0. The van der Waals surface area contributed by atoms with Gasteiger partial charge in [0.25, 0.3) is 0 Å². The van der Waals surface area contributed by atoms with Crippen molar-refractivity contribution in [3.8, 4) is 5.75 Å². The Morgan fingerprint density at radius 2 is 1.34 bits per heavy atom. The van der Waals surface area contributed by atoms with Crippen molar-refractivity contribution in [1.82, 2.24) is 23.9 Å². The Hall–Kier alpha value is -1.72. The molecule has 0 radical (unpaired) electrons. The summed E-state index contributed by atoms with van der Waals surface area (Å²) in [7, 11) is -0.563. The number of benzene rings is 1. The molecule has 1 atom stereocenters. The van der Waals surface area contributed by atoms with E-state index in [1.165, 1.54) is 55.9 Å². The second-order valence-electron chi connectivity index (χ2n) is 12.7. The van der Waals surface area contributed by atoms with E-state index < -0.39 is 10.0 Å². The molecule has 9 nitrogen and oxygen atoms in total. The Morgan fingerprint density at radius 3 is 1.88 bits per heavy atom. The molecule has 1 aromatic rings. The molecular formula is C31H51N5O4S. The van der Waals surface area contributed by atoms with E-state index in [1.807, 2.05) is 4.90 Å². The van der Waals surface area contributed by atoms with Gasteiger partial charge in [-0.25, -0.2) is 12.7 Å². The summed E-state index contributed by atoms with van der Waals surface area (Å²) in [5.41, 5.74) is 1.30. The Balaban J connectivity index is 1.05. The quantitative estimate of drug-likeness (QED) is 0.439. The number of sulfonamides is 1. The van der Waals surface area contributed by atoms with Crippen molar-refractivity contribution in [2.75, 3.05) is 73.1 Å². The molecule has 10 heteroatoms. The molecule has 4 fully saturated rings. The number of rotatable bonds is 9. The van der Waals surface area contributed by atoms with E-state index in [9.17, 15) is 13.2 Å². The van der Waals surface area contributed by atoms with Crippen LogP contribution in [0.1, 0.15) is 62.5 Å². The third kappa shape index (κ3) is 6.93. The maximum absolute atomic E-state index is 13.3. The molecule has 5 rings (SSSR count). The van der Waals surface area contributed by atoms with E-state index in [4.69, 9.17) is 4.74 Å². The summed E-state index contributed by atoms with van der Waals surface area (Å²) in [4.78, 5) is 23.4. The van der Waals surface area contributed by atoms with Gasteiger partial charge in [0, 0.05) is 77.4 Å². The molecule has 0 spiro atoms. The van der Waals surface area contributed by atoms with Crippen LogP contribution in [0.25, 0.3) is 0 Å². The zero-order chi connectivity index (χ0) is 29.1. The predicted molar refractivity (Wildman–Crippen MR) is 162 cm³/mol. The minimum Gasteiger partial charge on any atom is -0.497 e. The Bertz CT molecular complexity index is 1130. The molecule has 0 N–H and O–H groups in total. The second-order valence-corrected chi connectivity index (χ2v) is 14.7. The van der Waals surface area contributed by atoms with Crippen LogP contribution in [0.15, 0.2) is 17.0 Å². The second kappa shape index (κ2) is 13.3. The van der Waals surface area contributed by atoms with Gasteiger partial charge in [0.15, 0.2) is 0 Å². The van der Waals surface area contributed by atoms with E-state index in [-0.39, 0.29) is 18.9 Å². The van der Waals surface area contributed by atoms with Gasteiger partial charge < -0.3 is 14.5 Å². The zero-order valence-corrected chi connectivity index (χ0v) is 26.5. The van der Waals surface area contributed by atoms with Gasteiger partial charge in [-0.05, 0) is 95.1 Å². The largest absolute Gasteiger partial charge is 0.497 e. The van der Waals surface area contributed by atoms with Gasteiger partial charge in [0.1, 0.15) is 5.75 Å². The van der Waals surface area contributed by atoms with Gasteiger partial charge >= 0.3 is 0 Å². The highest BCUT2D eigenvalue weighted by molar-refractivity contribution is 7.89. The van der Waals surface area contributed by atoms with E-state index in [1.54, 1.807) is 40.1 Å². The molecule has 0 aromatic heterocycles. The van der Waals surface area contributed by atoms with Crippen molar-refractivity contribution in [2.45, 2.75) is 88.2 Å². The fraction of sp³-hybridized carbons (Fsp3) is 0.774. The molecule has 3 heterocycles. The normalized spacial score (nSPS) is 27.1. The average Bonchev–Trinajstić information content (AvgIpc) is 3.69. The van der Waals surface area contributed by atoms with Crippen LogP contribution in [0.2, 0.25) is 0 Å². The smallest absolute Gasteiger partial charge is 0.243 e. The highest BCUT2D eigenvalue weighted by Crippen LogP contribution is 2.30. The lowest BCUT2D eigenvalue weighted by Gasteiger charge is -2.44. The lowest BCUT2D eigenvalue weighted by Crippen LogP contribution is -2.54. The summed E-state index contributed by atoms with van der Waals surface area (Å²) in [6, 6.07) is 5.47. The molecule has 0 bridgehead atoms. The minimum atomic E-state index is -3.70. The van der Waals surface area contributed by atoms with Crippen LogP contribution >= 0.6 is 0 Å². The van der Waals surface area contributed by atoms with Gasteiger partial charge in [-0.2, -0.15) is 0 Å². The third-order valence-electron chi connectivity index (χ3n) is 10.2. The Kier molecular flexibility index (Phi) is 9.96. The number of piperazine rings is 1. The maximum Gasteiger partial charge on any atom is 0.243 e. The number of carbonyl (C=O) groups excluding carboxylic acids is 1. The Labute approximate surface area is 247 Å². The maximum atomic E-state index is 13.3. The van der Waals surface area contributed by atoms with Crippen LogP contribution in [0, 0.1) is 13.8 Å². The monoisotopic (exact) mass is 589 g/mol. The number of hydrogen-bond donors (Lipinski definition) is 0. The number of hydrogen-bond acceptors (Lipinski definition) is 7. The molecule has 3 saturated heterocycles. The first kappa shape index (κ1) is 30.7. The highest BCUT2D eigenvalue weighted by atomic mass is 32.2. The summed E-state index contributed by atoms with van der Waals surface area (Å²) in [6.07, 6.45) is 9.38. The number of carbonyl (C=O) groups is 1. The SMILES string of the molecule is COc1cc(C)c(S(=O)(=O)N(C)CCC(=O)N2CCC(N3CCN([C@H]4CC[C@@H](N5CCCC5)CC4)CC3)C2)c(C)c1. The Morgan fingerprint density at radius 1 is 0.829 bits per heavy atom. The van der Waals surface area contributed by atoms with Gasteiger partial charge in [0.2, 0.25) is 15.9 Å². The van der Waals surface area contributed by atoms with Crippen molar-refractivity contribution in [2.24, 2.45) is 0 Å². The van der Waals surface area contributed by atoms with Crippen LogP contribution in [0.5, 0.6) is 5.75 Å². The molecule has 1 amide bonds. The summed E-state index contributed by atoms with van der Waals surface area (Å²) in [5, 5.41) is 0. The van der Waals surface area contributed by atoms with Crippen LogP contribution in [0.4, 0.5) is 0 Å². The molecule has 1 saturated carbocycles. The molecule has 1 aromatic carbocycles. The molecule has 3 aliphatic heterocycles. The van der Waals surface area contributed by atoms with Crippen LogP contribution < -0.4 is 4.74 Å². The van der Waals surface area contributed by atoms with E-state index in [0.717, 1.165) is 57.8 Å². The lowest BCUT2D eigenvalue weighted by atomic mass is 9.89. The predicted octanol–water partition coefficient (Wildman–Crippen LogP) is 2.95. The number of amides is 1. The fourth-order valence-electron chi connectivity index (χ4n) is 7.75. The van der Waals surface area contributed by atoms with Crippen molar-refractivity contribution in [3.63, 3.8) is 0 Å².